The van der Waals surface area contributed by atoms with Crippen molar-refractivity contribution in [2.24, 2.45) is 5.73 Å². The van der Waals surface area contributed by atoms with Gasteiger partial charge in [0.05, 0.1) is 16.7 Å². The molecule has 3 heteroatoms. The van der Waals surface area contributed by atoms with Crippen molar-refractivity contribution in [2.45, 2.75) is 27.3 Å². The fourth-order valence-electron chi connectivity index (χ4n) is 2.53. The van der Waals surface area contributed by atoms with Crippen molar-refractivity contribution < 1.29 is 0 Å². The molecule has 0 aliphatic heterocycles. The molecule has 0 aliphatic carbocycles. The molecule has 0 fully saturated rings. The molecule has 0 amide bonds. The van der Waals surface area contributed by atoms with Gasteiger partial charge in [-0.3, -0.25) is 4.57 Å². The highest BCUT2D eigenvalue weighted by molar-refractivity contribution is 5.79. The zero-order valence-corrected chi connectivity index (χ0v) is 12.1. The number of nitrogens with two attached hydrogens (primary N) is 1. The van der Waals surface area contributed by atoms with Crippen LogP contribution in [0.5, 0.6) is 0 Å². The van der Waals surface area contributed by atoms with E-state index in [1.54, 1.807) is 0 Å². The van der Waals surface area contributed by atoms with Gasteiger partial charge in [-0.2, -0.15) is 0 Å². The quantitative estimate of drug-likeness (QED) is 0.771. The number of fused-ring (bicyclic) bond motifs is 1. The van der Waals surface area contributed by atoms with Crippen LogP contribution in [0.2, 0.25) is 0 Å². The zero-order valence-electron chi connectivity index (χ0n) is 12.1. The summed E-state index contributed by atoms with van der Waals surface area (Å²) in [5.74, 6) is 0. The first-order valence-corrected chi connectivity index (χ1v) is 6.84. The van der Waals surface area contributed by atoms with E-state index in [9.17, 15) is 0 Å². The number of imidazole rings is 1. The molecular formula is C17H19N3. The minimum Gasteiger partial charge on any atom is -0.326 e. The summed E-state index contributed by atoms with van der Waals surface area (Å²) >= 11 is 0. The lowest BCUT2D eigenvalue weighted by Crippen LogP contribution is -2.04. The van der Waals surface area contributed by atoms with Gasteiger partial charge < -0.3 is 5.73 Å². The van der Waals surface area contributed by atoms with E-state index in [2.05, 4.69) is 60.7 Å². The number of nitrogens with zero attached hydrogens (tertiary/aromatic N) is 2. The number of aromatic nitrogens is 2. The third-order valence-electron chi connectivity index (χ3n) is 3.88. The van der Waals surface area contributed by atoms with Crippen molar-refractivity contribution in [2.75, 3.05) is 0 Å². The molecule has 0 radical (unpaired) electrons. The Kier molecular flexibility index (Phi) is 3.07. The molecule has 0 saturated heterocycles. The summed E-state index contributed by atoms with van der Waals surface area (Å²) in [5, 5.41) is 0. The predicted molar refractivity (Wildman–Crippen MR) is 83.2 cm³/mol. The Morgan fingerprint density at radius 1 is 1.05 bits per heavy atom. The summed E-state index contributed by atoms with van der Waals surface area (Å²) in [6.07, 6.45) is 1.89. The molecule has 1 heterocycles. The summed E-state index contributed by atoms with van der Waals surface area (Å²) in [4.78, 5) is 4.52. The van der Waals surface area contributed by atoms with E-state index >= 15 is 0 Å². The SMILES string of the molecule is Cc1ccc(CN)c(-n2cnc3cc(C)c(C)cc32)c1. The minimum atomic E-state index is 0.528. The van der Waals surface area contributed by atoms with Gasteiger partial charge in [0.15, 0.2) is 0 Å². The highest BCUT2D eigenvalue weighted by Crippen LogP contribution is 2.24. The Morgan fingerprint density at radius 3 is 2.55 bits per heavy atom. The molecule has 0 bridgehead atoms. The van der Waals surface area contributed by atoms with Crippen LogP contribution < -0.4 is 5.73 Å². The summed E-state index contributed by atoms with van der Waals surface area (Å²) in [7, 11) is 0. The van der Waals surface area contributed by atoms with Gasteiger partial charge in [-0.05, 0) is 61.2 Å². The maximum atomic E-state index is 5.87. The first-order valence-electron chi connectivity index (χ1n) is 6.84. The fourth-order valence-corrected chi connectivity index (χ4v) is 2.53. The lowest BCUT2D eigenvalue weighted by Gasteiger charge is -2.11. The summed E-state index contributed by atoms with van der Waals surface area (Å²) in [5.41, 5.74) is 14.1. The minimum absolute atomic E-state index is 0.528. The van der Waals surface area contributed by atoms with Gasteiger partial charge in [0, 0.05) is 6.54 Å². The molecule has 20 heavy (non-hydrogen) atoms. The molecule has 0 atom stereocenters. The van der Waals surface area contributed by atoms with Crippen LogP contribution in [0, 0.1) is 20.8 Å². The van der Waals surface area contributed by atoms with Crippen molar-refractivity contribution in [1.82, 2.24) is 9.55 Å². The summed E-state index contributed by atoms with van der Waals surface area (Å²) < 4.78 is 2.14. The molecule has 3 rings (SSSR count). The molecule has 2 N–H and O–H groups in total. The maximum Gasteiger partial charge on any atom is 0.100 e. The largest absolute Gasteiger partial charge is 0.326 e. The second kappa shape index (κ2) is 4.76. The Labute approximate surface area is 119 Å². The van der Waals surface area contributed by atoms with Gasteiger partial charge in [0.2, 0.25) is 0 Å². The fraction of sp³-hybridized carbons (Fsp3) is 0.235. The third kappa shape index (κ3) is 2.00. The zero-order chi connectivity index (χ0) is 14.3. The Balaban J connectivity index is 2.30. The highest BCUT2D eigenvalue weighted by atomic mass is 15.1. The molecule has 1 aromatic heterocycles. The lowest BCUT2D eigenvalue weighted by atomic mass is 10.1. The van der Waals surface area contributed by atoms with Gasteiger partial charge >= 0.3 is 0 Å². The molecule has 3 aromatic rings. The number of hydrogen-bond acceptors (Lipinski definition) is 2. The molecule has 2 aromatic carbocycles. The monoisotopic (exact) mass is 265 g/mol. The van der Waals surface area contributed by atoms with Crippen molar-refractivity contribution in [3.8, 4) is 5.69 Å². The van der Waals surface area contributed by atoms with E-state index in [-0.39, 0.29) is 0 Å². The summed E-state index contributed by atoms with van der Waals surface area (Å²) in [6, 6.07) is 10.7. The van der Waals surface area contributed by atoms with Crippen LogP contribution in [0.4, 0.5) is 0 Å². The van der Waals surface area contributed by atoms with Gasteiger partial charge in [-0.15, -0.1) is 0 Å². The van der Waals surface area contributed by atoms with Crippen LogP contribution >= 0.6 is 0 Å². The second-order valence-electron chi connectivity index (χ2n) is 5.38. The first-order chi connectivity index (χ1) is 9.60. The number of aryl methyl sites for hydroxylation is 3. The van der Waals surface area contributed by atoms with Crippen molar-refractivity contribution in [3.05, 3.63) is 58.9 Å². The van der Waals surface area contributed by atoms with E-state index in [4.69, 9.17) is 5.73 Å². The normalized spacial score (nSPS) is 11.2. The maximum absolute atomic E-state index is 5.87. The molecule has 3 nitrogen and oxygen atoms in total. The lowest BCUT2D eigenvalue weighted by molar-refractivity contribution is 0.996. The Hall–Kier alpha value is -2.13. The van der Waals surface area contributed by atoms with Gasteiger partial charge in [0.25, 0.3) is 0 Å². The third-order valence-corrected chi connectivity index (χ3v) is 3.88. The van der Waals surface area contributed by atoms with Crippen molar-refractivity contribution in [3.63, 3.8) is 0 Å². The Bertz CT molecular complexity index is 784. The number of hydrogen-bond donors (Lipinski definition) is 1. The standard InChI is InChI=1S/C17H19N3/c1-11-4-5-14(9-18)16(6-11)20-10-19-15-7-12(2)13(3)8-17(15)20/h4-8,10H,9,18H2,1-3H3. The average molecular weight is 265 g/mol. The van der Waals surface area contributed by atoms with Crippen LogP contribution in [0.1, 0.15) is 22.3 Å². The number of benzene rings is 2. The van der Waals surface area contributed by atoms with Crippen LogP contribution in [0.15, 0.2) is 36.7 Å². The van der Waals surface area contributed by atoms with Gasteiger partial charge in [-0.1, -0.05) is 12.1 Å². The topological polar surface area (TPSA) is 43.8 Å². The van der Waals surface area contributed by atoms with Crippen LogP contribution in [0.3, 0.4) is 0 Å². The molecular weight excluding hydrogens is 246 g/mol. The molecule has 0 spiro atoms. The molecule has 0 unspecified atom stereocenters. The van der Waals surface area contributed by atoms with E-state index in [1.165, 1.54) is 16.7 Å². The van der Waals surface area contributed by atoms with Crippen molar-refractivity contribution in [1.29, 1.82) is 0 Å². The molecule has 0 saturated carbocycles. The van der Waals surface area contributed by atoms with Crippen LogP contribution in [0.25, 0.3) is 16.7 Å². The van der Waals surface area contributed by atoms with E-state index in [1.807, 2.05) is 6.33 Å². The molecule has 0 aliphatic rings. The van der Waals surface area contributed by atoms with E-state index in [0.29, 0.717) is 6.54 Å². The predicted octanol–water partition coefficient (Wildman–Crippen LogP) is 3.41. The molecule has 102 valence electrons. The first kappa shape index (κ1) is 12.9. The second-order valence-corrected chi connectivity index (χ2v) is 5.38. The van der Waals surface area contributed by atoms with Crippen LogP contribution in [-0.4, -0.2) is 9.55 Å². The van der Waals surface area contributed by atoms with E-state index in [0.717, 1.165) is 22.3 Å². The Morgan fingerprint density at radius 2 is 1.80 bits per heavy atom. The van der Waals surface area contributed by atoms with Gasteiger partial charge in [-0.25, -0.2) is 4.98 Å². The number of rotatable bonds is 2. The smallest absolute Gasteiger partial charge is 0.100 e. The summed E-state index contributed by atoms with van der Waals surface area (Å²) in [6.45, 7) is 6.87. The average Bonchev–Trinajstić information content (AvgIpc) is 2.82. The van der Waals surface area contributed by atoms with E-state index < -0.39 is 0 Å². The van der Waals surface area contributed by atoms with Gasteiger partial charge in [0.1, 0.15) is 6.33 Å². The van der Waals surface area contributed by atoms with Crippen molar-refractivity contribution >= 4 is 11.0 Å². The highest BCUT2D eigenvalue weighted by Gasteiger charge is 2.09. The van der Waals surface area contributed by atoms with Crippen LogP contribution in [-0.2, 0) is 6.54 Å².